The van der Waals surface area contributed by atoms with E-state index in [4.69, 9.17) is 10.2 Å². The second kappa shape index (κ2) is 11.5. The molecule has 0 aliphatic carbocycles. The second-order valence-electron chi connectivity index (χ2n) is 5.86. The maximum absolute atomic E-state index is 12.1. The van der Waals surface area contributed by atoms with Crippen molar-refractivity contribution in [2.24, 2.45) is 10.7 Å². The number of carbonyl (C=O) groups is 1. The minimum atomic E-state index is -4.72. The van der Waals surface area contributed by atoms with Crippen LogP contribution in [0.5, 0.6) is 5.75 Å². The maximum atomic E-state index is 12.1. The maximum Gasteiger partial charge on any atom is 0.573 e. The number of nitrogens with two attached hydrogens (primary N) is 1. The normalized spacial score (nSPS) is 11.5. The molecule has 1 aromatic heterocycles. The highest BCUT2D eigenvalue weighted by molar-refractivity contribution is 14.0. The molecule has 0 spiro atoms. The number of amides is 1. The minimum Gasteiger partial charge on any atom is -0.459 e. The van der Waals surface area contributed by atoms with E-state index in [9.17, 15) is 18.0 Å². The number of aliphatic imine (C=N–C) groups is 1. The molecule has 0 atom stereocenters. The number of guanidine groups is 1. The molecular weight excluding hydrogens is 504 g/mol. The number of carbonyl (C=O) groups excluding carboxylic acids is 1. The molecule has 1 aromatic carbocycles. The number of hydrogen-bond donors (Lipinski definition) is 3. The highest BCUT2D eigenvalue weighted by Gasteiger charge is 2.30. The van der Waals surface area contributed by atoms with Gasteiger partial charge in [-0.2, -0.15) is 0 Å². The Morgan fingerprint density at radius 3 is 2.41 bits per heavy atom. The number of hydrogen-bond acceptors (Lipinski definition) is 4. The molecule has 160 valence electrons. The molecule has 7 nitrogen and oxygen atoms in total. The molecule has 11 heteroatoms. The molecule has 0 bridgehead atoms. The number of ether oxygens (including phenoxy) is 1. The fourth-order valence-corrected chi connectivity index (χ4v) is 2.22. The highest BCUT2D eigenvalue weighted by atomic mass is 127. The molecule has 2 rings (SSSR count). The Morgan fingerprint density at radius 2 is 1.83 bits per heavy atom. The van der Waals surface area contributed by atoms with Crippen LogP contribution < -0.4 is 21.1 Å². The zero-order chi connectivity index (χ0) is 20.6. The number of nitrogens with zero attached hydrogens (tertiary/aromatic N) is 1. The van der Waals surface area contributed by atoms with E-state index in [1.807, 2.05) is 0 Å². The SMILES string of the molecule is Cc1ccoc1C(=O)NCCCNC(N)=NCc1ccc(OC(F)(F)F)cc1.I. The summed E-state index contributed by atoms with van der Waals surface area (Å²) in [6.45, 7) is 2.92. The van der Waals surface area contributed by atoms with Crippen molar-refractivity contribution in [3.05, 3.63) is 53.5 Å². The van der Waals surface area contributed by atoms with Crippen molar-refractivity contribution in [2.75, 3.05) is 13.1 Å². The molecule has 2 aromatic rings. The molecule has 29 heavy (non-hydrogen) atoms. The van der Waals surface area contributed by atoms with Gasteiger partial charge in [0.15, 0.2) is 11.7 Å². The quantitative estimate of drug-likeness (QED) is 0.212. The van der Waals surface area contributed by atoms with Crippen molar-refractivity contribution in [1.29, 1.82) is 0 Å². The molecule has 4 N–H and O–H groups in total. The van der Waals surface area contributed by atoms with E-state index < -0.39 is 6.36 Å². The van der Waals surface area contributed by atoms with Gasteiger partial charge in [0.2, 0.25) is 0 Å². The van der Waals surface area contributed by atoms with Gasteiger partial charge >= 0.3 is 6.36 Å². The number of furan rings is 1. The summed E-state index contributed by atoms with van der Waals surface area (Å²) in [6.07, 6.45) is -2.64. The van der Waals surface area contributed by atoms with Gasteiger partial charge in [-0.05, 0) is 37.1 Å². The third-order valence-electron chi connectivity index (χ3n) is 3.60. The topological polar surface area (TPSA) is 102 Å². The molecule has 0 saturated heterocycles. The lowest BCUT2D eigenvalue weighted by molar-refractivity contribution is -0.274. The minimum absolute atomic E-state index is 0. The van der Waals surface area contributed by atoms with Crippen molar-refractivity contribution in [3.63, 3.8) is 0 Å². The Bertz CT molecular complexity index is 807. The van der Waals surface area contributed by atoms with Crippen LogP contribution in [-0.4, -0.2) is 31.3 Å². The summed E-state index contributed by atoms with van der Waals surface area (Å²) >= 11 is 0. The van der Waals surface area contributed by atoms with Crippen LogP contribution in [0.1, 0.15) is 28.1 Å². The number of rotatable bonds is 8. The zero-order valence-electron chi connectivity index (χ0n) is 15.6. The van der Waals surface area contributed by atoms with Gasteiger partial charge in [0.25, 0.3) is 5.91 Å². The summed E-state index contributed by atoms with van der Waals surface area (Å²) in [5.41, 5.74) is 7.19. The monoisotopic (exact) mass is 526 g/mol. The van der Waals surface area contributed by atoms with Crippen molar-refractivity contribution < 1.29 is 27.1 Å². The van der Waals surface area contributed by atoms with Crippen LogP contribution in [0.15, 0.2) is 46.0 Å². The van der Waals surface area contributed by atoms with Gasteiger partial charge in [0, 0.05) is 18.7 Å². The van der Waals surface area contributed by atoms with Crippen LogP contribution in [0, 0.1) is 6.92 Å². The zero-order valence-corrected chi connectivity index (χ0v) is 17.9. The van der Waals surface area contributed by atoms with Crippen molar-refractivity contribution in [3.8, 4) is 5.75 Å². The predicted octanol–water partition coefficient (Wildman–Crippen LogP) is 3.33. The number of halogens is 4. The van der Waals surface area contributed by atoms with Crippen LogP contribution in [0.3, 0.4) is 0 Å². The largest absolute Gasteiger partial charge is 0.573 e. The molecule has 0 radical (unpaired) electrons. The summed E-state index contributed by atoms with van der Waals surface area (Å²) in [5, 5.41) is 5.63. The lowest BCUT2D eigenvalue weighted by Crippen LogP contribution is -2.34. The third-order valence-corrected chi connectivity index (χ3v) is 3.60. The number of alkyl halides is 3. The van der Waals surface area contributed by atoms with Gasteiger partial charge in [-0.25, -0.2) is 4.99 Å². The molecule has 0 aliphatic rings. The lowest BCUT2D eigenvalue weighted by Gasteiger charge is -2.09. The molecular formula is C18H22F3IN4O3. The summed E-state index contributed by atoms with van der Waals surface area (Å²) in [4.78, 5) is 15.9. The van der Waals surface area contributed by atoms with Gasteiger partial charge in [0.1, 0.15) is 5.75 Å². The Balaban J connectivity index is 0.00000420. The molecule has 1 heterocycles. The molecule has 0 unspecified atom stereocenters. The number of aryl methyl sites for hydroxylation is 1. The molecule has 1 amide bonds. The number of nitrogens with one attached hydrogen (secondary N) is 2. The van der Waals surface area contributed by atoms with Crippen LogP contribution >= 0.6 is 24.0 Å². The van der Waals surface area contributed by atoms with Crippen LogP contribution in [0.25, 0.3) is 0 Å². The van der Waals surface area contributed by atoms with Crippen LogP contribution in [0.2, 0.25) is 0 Å². The average Bonchev–Trinajstić information content (AvgIpc) is 3.05. The summed E-state index contributed by atoms with van der Waals surface area (Å²) < 4.78 is 45.2. The van der Waals surface area contributed by atoms with E-state index >= 15 is 0 Å². The number of benzene rings is 1. The molecule has 0 fully saturated rings. The van der Waals surface area contributed by atoms with E-state index in [1.165, 1.54) is 30.5 Å². The van der Waals surface area contributed by atoms with Gasteiger partial charge < -0.3 is 25.5 Å². The molecule has 0 saturated carbocycles. The lowest BCUT2D eigenvalue weighted by atomic mass is 10.2. The van der Waals surface area contributed by atoms with Gasteiger partial charge in [-0.15, -0.1) is 37.1 Å². The van der Waals surface area contributed by atoms with Crippen molar-refractivity contribution >= 4 is 35.8 Å². The Hall–Kier alpha value is -2.44. The fraction of sp³-hybridized carbons (Fsp3) is 0.333. The van der Waals surface area contributed by atoms with E-state index in [0.717, 1.165) is 5.56 Å². The smallest absolute Gasteiger partial charge is 0.459 e. The third kappa shape index (κ3) is 9.07. The Labute approximate surface area is 182 Å². The van der Waals surface area contributed by atoms with Gasteiger partial charge in [-0.3, -0.25) is 4.79 Å². The first kappa shape index (κ1) is 24.6. The van der Waals surface area contributed by atoms with Gasteiger partial charge in [-0.1, -0.05) is 12.1 Å². The summed E-state index contributed by atoms with van der Waals surface area (Å²) in [7, 11) is 0. The predicted molar refractivity (Wildman–Crippen MR) is 112 cm³/mol. The van der Waals surface area contributed by atoms with Crippen molar-refractivity contribution in [1.82, 2.24) is 10.6 Å². The fourth-order valence-electron chi connectivity index (χ4n) is 2.22. The van der Waals surface area contributed by atoms with Crippen LogP contribution in [0.4, 0.5) is 13.2 Å². The first-order chi connectivity index (χ1) is 13.2. The van der Waals surface area contributed by atoms with Crippen molar-refractivity contribution in [2.45, 2.75) is 26.3 Å². The highest BCUT2D eigenvalue weighted by Crippen LogP contribution is 2.22. The average molecular weight is 526 g/mol. The Kier molecular flexibility index (Phi) is 9.78. The standard InChI is InChI=1S/C18H21F3N4O3.HI/c1-12-7-10-27-15(12)16(26)23-8-2-9-24-17(22)25-11-13-3-5-14(6-4-13)28-18(19,20)21;/h3-7,10H,2,8-9,11H2,1H3,(H,23,26)(H3,22,24,25);1H. The summed E-state index contributed by atoms with van der Waals surface area (Å²) in [5.74, 6) is -0.0790. The summed E-state index contributed by atoms with van der Waals surface area (Å²) in [6, 6.07) is 7.09. The first-order valence-corrected chi connectivity index (χ1v) is 8.45. The van der Waals surface area contributed by atoms with Crippen LogP contribution in [-0.2, 0) is 6.54 Å². The first-order valence-electron chi connectivity index (χ1n) is 8.45. The molecule has 0 aliphatic heterocycles. The second-order valence-corrected chi connectivity index (χ2v) is 5.86. The Morgan fingerprint density at radius 1 is 1.17 bits per heavy atom. The van der Waals surface area contributed by atoms with E-state index in [2.05, 4.69) is 20.4 Å². The van der Waals surface area contributed by atoms with E-state index in [1.54, 1.807) is 13.0 Å². The van der Waals surface area contributed by atoms with Gasteiger partial charge in [0.05, 0.1) is 12.8 Å². The van der Waals surface area contributed by atoms with E-state index in [-0.39, 0.29) is 48.1 Å². The van der Waals surface area contributed by atoms with E-state index in [0.29, 0.717) is 30.8 Å².